The lowest BCUT2D eigenvalue weighted by atomic mass is 10.1. The fourth-order valence-corrected chi connectivity index (χ4v) is 2.21. The van der Waals surface area contributed by atoms with Crippen molar-refractivity contribution in [1.29, 1.82) is 0 Å². The van der Waals surface area contributed by atoms with Crippen molar-refractivity contribution >= 4 is 23.1 Å². The lowest BCUT2D eigenvalue weighted by molar-refractivity contribution is 0.628. The van der Waals surface area contributed by atoms with Crippen LogP contribution in [0.1, 0.15) is 18.7 Å². The first-order valence-electron chi connectivity index (χ1n) is 4.89. The van der Waals surface area contributed by atoms with Crippen molar-refractivity contribution in [3.8, 4) is 11.3 Å². The zero-order valence-corrected chi connectivity index (χ0v) is 10.6. The minimum absolute atomic E-state index is 0.239. The molecule has 1 aromatic carbocycles. The first kappa shape index (κ1) is 11.6. The van der Waals surface area contributed by atoms with E-state index in [1.165, 1.54) is 23.7 Å². The summed E-state index contributed by atoms with van der Waals surface area (Å²) in [6.07, 6.45) is 0. The van der Waals surface area contributed by atoms with Gasteiger partial charge in [-0.15, -0.1) is 11.6 Å². The van der Waals surface area contributed by atoms with Gasteiger partial charge in [-0.3, -0.25) is 0 Å². The molecule has 0 aliphatic heterocycles. The molecule has 0 aliphatic carbocycles. The van der Waals surface area contributed by atoms with E-state index >= 15 is 0 Å². The maximum absolute atomic E-state index is 12.8. The summed E-state index contributed by atoms with van der Waals surface area (Å²) in [5, 5.41) is 0. The SMILES string of the molecule is CC(C)(Cl)c1cc(-c2ccc(F)cc2)ns1. The smallest absolute Gasteiger partial charge is 0.123 e. The van der Waals surface area contributed by atoms with E-state index in [-0.39, 0.29) is 5.82 Å². The Balaban J connectivity index is 2.35. The highest BCUT2D eigenvalue weighted by Gasteiger charge is 2.20. The topological polar surface area (TPSA) is 12.9 Å². The normalized spacial score (nSPS) is 11.8. The zero-order chi connectivity index (χ0) is 11.8. The van der Waals surface area contributed by atoms with Crippen LogP contribution in [0, 0.1) is 5.82 Å². The lowest BCUT2D eigenvalue weighted by Crippen LogP contribution is -2.03. The minimum Gasteiger partial charge on any atom is -0.207 e. The van der Waals surface area contributed by atoms with Gasteiger partial charge in [0.1, 0.15) is 5.82 Å². The van der Waals surface area contributed by atoms with E-state index in [0.29, 0.717) is 0 Å². The molecule has 1 heterocycles. The summed E-state index contributed by atoms with van der Waals surface area (Å²) in [7, 11) is 0. The van der Waals surface area contributed by atoms with Crippen molar-refractivity contribution in [3.05, 3.63) is 41.0 Å². The van der Waals surface area contributed by atoms with Gasteiger partial charge in [0.15, 0.2) is 0 Å². The van der Waals surface area contributed by atoms with E-state index in [1.54, 1.807) is 12.1 Å². The van der Waals surface area contributed by atoms with Gasteiger partial charge in [0.25, 0.3) is 0 Å². The fourth-order valence-electron chi connectivity index (χ4n) is 1.31. The summed E-state index contributed by atoms with van der Waals surface area (Å²) in [5.41, 5.74) is 1.75. The molecule has 0 unspecified atom stereocenters. The maximum atomic E-state index is 12.8. The molecule has 0 amide bonds. The zero-order valence-electron chi connectivity index (χ0n) is 9.00. The standard InChI is InChI=1S/C12H11ClFNS/c1-12(2,13)11-7-10(15-16-11)8-3-5-9(14)6-4-8/h3-7H,1-2H3. The van der Waals surface area contributed by atoms with E-state index in [9.17, 15) is 4.39 Å². The van der Waals surface area contributed by atoms with E-state index in [1.807, 2.05) is 19.9 Å². The summed E-state index contributed by atoms with van der Waals surface area (Å²) in [5.74, 6) is -0.239. The molecule has 0 radical (unpaired) electrons. The van der Waals surface area contributed by atoms with Gasteiger partial charge in [0.2, 0.25) is 0 Å². The summed E-state index contributed by atoms with van der Waals surface area (Å²) < 4.78 is 17.1. The monoisotopic (exact) mass is 255 g/mol. The first-order valence-corrected chi connectivity index (χ1v) is 6.04. The summed E-state index contributed by atoms with van der Waals surface area (Å²) in [6, 6.07) is 8.25. The fraction of sp³-hybridized carbons (Fsp3) is 0.250. The van der Waals surface area contributed by atoms with Crippen molar-refractivity contribution in [2.75, 3.05) is 0 Å². The number of alkyl halides is 1. The minimum atomic E-state index is -0.407. The molecule has 84 valence electrons. The van der Waals surface area contributed by atoms with Crippen molar-refractivity contribution < 1.29 is 4.39 Å². The van der Waals surface area contributed by atoms with E-state index < -0.39 is 4.87 Å². The molecule has 1 aromatic heterocycles. The Labute approximate surface area is 103 Å². The van der Waals surface area contributed by atoms with Gasteiger partial charge >= 0.3 is 0 Å². The first-order chi connectivity index (χ1) is 7.47. The number of hydrogen-bond donors (Lipinski definition) is 0. The van der Waals surface area contributed by atoms with Gasteiger partial charge in [0.05, 0.1) is 10.6 Å². The Bertz CT molecular complexity index is 484. The van der Waals surface area contributed by atoms with Crippen molar-refractivity contribution in [2.45, 2.75) is 18.7 Å². The molecule has 4 heteroatoms. The van der Waals surface area contributed by atoms with Crippen molar-refractivity contribution in [1.82, 2.24) is 4.37 Å². The average molecular weight is 256 g/mol. The molecular weight excluding hydrogens is 245 g/mol. The van der Waals surface area contributed by atoms with Crippen LogP contribution >= 0.6 is 23.1 Å². The predicted molar refractivity (Wildman–Crippen MR) is 66.4 cm³/mol. The Morgan fingerprint density at radius 1 is 1.25 bits per heavy atom. The highest BCUT2D eigenvalue weighted by atomic mass is 35.5. The number of halogens is 2. The van der Waals surface area contributed by atoms with Gasteiger partial charge in [0, 0.05) is 10.4 Å². The van der Waals surface area contributed by atoms with Crippen LogP contribution in [0.5, 0.6) is 0 Å². The van der Waals surface area contributed by atoms with E-state index in [4.69, 9.17) is 11.6 Å². The summed E-state index contributed by atoms with van der Waals surface area (Å²) in [4.78, 5) is 0.601. The second-order valence-electron chi connectivity index (χ2n) is 4.06. The number of nitrogens with zero attached hydrogens (tertiary/aromatic N) is 1. The van der Waals surface area contributed by atoms with Crippen LogP contribution in [-0.2, 0) is 4.87 Å². The summed E-state index contributed by atoms with van der Waals surface area (Å²) >= 11 is 7.57. The Morgan fingerprint density at radius 2 is 1.88 bits per heavy atom. The van der Waals surface area contributed by atoms with Crippen LogP contribution in [0.3, 0.4) is 0 Å². The Morgan fingerprint density at radius 3 is 2.38 bits per heavy atom. The molecule has 2 aromatic rings. The molecule has 0 fully saturated rings. The number of rotatable bonds is 2. The second-order valence-corrected chi connectivity index (χ2v) is 5.81. The van der Waals surface area contributed by atoms with Crippen LogP contribution < -0.4 is 0 Å². The number of hydrogen-bond acceptors (Lipinski definition) is 2. The van der Waals surface area contributed by atoms with E-state index in [2.05, 4.69) is 4.37 Å². The molecule has 0 spiro atoms. The van der Waals surface area contributed by atoms with Gasteiger partial charge in [-0.05, 0) is 55.7 Å². The predicted octanol–water partition coefficient (Wildman–Crippen LogP) is 4.42. The number of aromatic nitrogens is 1. The third-order valence-electron chi connectivity index (χ3n) is 2.24. The molecule has 16 heavy (non-hydrogen) atoms. The molecule has 0 aliphatic rings. The quantitative estimate of drug-likeness (QED) is 0.724. The van der Waals surface area contributed by atoms with Gasteiger partial charge in [-0.1, -0.05) is 0 Å². The molecule has 0 atom stereocenters. The molecule has 0 N–H and O–H groups in total. The van der Waals surface area contributed by atoms with Crippen LogP contribution in [0.2, 0.25) is 0 Å². The Kier molecular flexibility index (Phi) is 3.00. The Hall–Kier alpha value is -0.930. The van der Waals surface area contributed by atoms with Crippen molar-refractivity contribution in [3.63, 3.8) is 0 Å². The third kappa shape index (κ3) is 2.42. The van der Waals surface area contributed by atoms with Gasteiger partial charge in [-0.2, -0.15) is 4.37 Å². The van der Waals surface area contributed by atoms with Crippen LogP contribution in [0.25, 0.3) is 11.3 Å². The highest BCUT2D eigenvalue weighted by Crippen LogP contribution is 2.33. The summed E-state index contributed by atoms with van der Waals surface area (Å²) in [6.45, 7) is 3.85. The largest absolute Gasteiger partial charge is 0.207 e. The molecular formula is C12H11ClFNS. The molecule has 0 bridgehead atoms. The van der Waals surface area contributed by atoms with Crippen LogP contribution in [0.4, 0.5) is 4.39 Å². The molecule has 0 saturated heterocycles. The lowest BCUT2D eigenvalue weighted by Gasteiger charge is -2.10. The van der Waals surface area contributed by atoms with E-state index in [0.717, 1.165) is 16.1 Å². The third-order valence-corrected chi connectivity index (χ3v) is 3.66. The van der Waals surface area contributed by atoms with Gasteiger partial charge < -0.3 is 0 Å². The van der Waals surface area contributed by atoms with Crippen LogP contribution in [0.15, 0.2) is 30.3 Å². The van der Waals surface area contributed by atoms with Crippen molar-refractivity contribution in [2.24, 2.45) is 0 Å². The molecule has 1 nitrogen and oxygen atoms in total. The molecule has 2 rings (SSSR count). The molecule has 0 saturated carbocycles. The van der Waals surface area contributed by atoms with Crippen LogP contribution in [-0.4, -0.2) is 4.37 Å². The number of benzene rings is 1. The maximum Gasteiger partial charge on any atom is 0.123 e. The van der Waals surface area contributed by atoms with Gasteiger partial charge in [-0.25, -0.2) is 4.39 Å². The highest BCUT2D eigenvalue weighted by molar-refractivity contribution is 7.06. The average Bonchev–Trinajstić information content (AvgIpc) is 2.67. The second kappa shape index (κ2) is 4.15.